The van der Waals surface area contributed by atoms with Gasteiger partial charge >= 0.3 is 10.2 Å². The Balaban J connectivity index is 0.833. The molecule has 4 N–H and O–H groups in total. The second-order valence-electron chi connectivity index (χ2n) is 17.7. The summed E-state index contributed by atoms with van der Waals surface area (Å²) in [5.74, 6) is -4.42. The minimum Gasteiger partial charge on any atom is -0.494 e. The minimum atomic E-state index is -4.39. The number of likely N-dealkylation sites (tertiary alicyclic amines) is 1. The number of carbonyl (C=O) groups excluding carboxylic acids is 3. The highest BCUT2D eigenvalue weighted by Gasteiger charge is 2.43. The molecule has 4 aromatic heterocycles. The van der Waals surface area contributed by atoms with Crippen molar-refractivity contribution in [3.63, 3.8) is 0 Å². The number of alkyl halides is 1. The van der Waals surface area contributed by atoms with E-state index in [4.69, 9.17) is 9.26 Å². The van der Waals surface area contributed by atoms with Crippen molar-refractivity contribution in [1.82, 2.24) is 34.6 Å². The summed E-state index contributed by atoms with van der Waals surface area (Å²) >= 11 is 1.56. The molecule has 0 radical (unpaired) electrons. The summed E-state index contributed by atoms with van der Waals surface area (Å²) in [6.45, 7) is 5.22. The third kappa shape index (κ3) is 10.4. The predicted molar refractivity (Wildman–Crippen MR) is 259 cm³/mol. The average molecular weight is 1010 g/mol. The van der Waals surface area contributed by atoms with Crippen LogP contribution in [0.25, 0.3) is 32.6 Å². The summed E-state index contributed by atoms with van der Waals surface area (Å²) in [5, 5.41) is 18.0. The van der Waals surface area contributed by atoms with Crippen LogP contribution in [0.5, 0.6) is 5.75 Å². The standard InChI is InChI=1S/C50H49F3N8O8S2/c1-27-19-43(69-58-27)37(50(65)61-25-35(62)21-42(61)49(64)57-28(2)30-6-8-32(9-7-30)47-29(3)56-26-70-47)5-4-18-68-36-12-10-31(11-13-36)33-20-38-39(23-55-48(38)54-22-33)46(63)44-40(52)14-15-41(45(44)53)59-71(66,67)60-17-16-34(51)24-60/h6-15,19-20,22-23,26,28,34-35,37,42,59,62H,4-5,16-18,21,24-25H2,1-3H3,(H,54,55)(H,57,64)/t28-,34+,35+,37-,42-/m0/s1. The summed E-state index contributed by atoms with van der Waals surface area (Å²) in [7, 11) is -4.39. The lowest BCUT2D eigenvalue weighted by Gasteiger charge is -2.28. The summed E-state index contributed by atoms with van der Waals surface area (Å²) in [5.41, 5.74) is 4.97. The number of ketones is 1. The smallest absolute Gasteiger partial charge is 0.301 e. The number of halogens is 3. The van der Waals surface area contributed by atoms with Gasteiger partial charge in [0.05, 0.1) is 57.7 Å². The molecule has 0 spiro atoms. The van der Waals surface area contributed by atoms with E-state index >= 15 is 8.78 Å². The van der Waals surface area contributed by atoms with Crippen LogP contribution in [0.3, 0.4) is 0 Å². The molecule has 71 heavy (non-hydrogen) atoms. The summed E-state index contributed by atoms with van der Waals surface area (Å²) in [4.78, 5) is 55.9. The van der Waals surface area contributed by atoms with Crippen LogP contribution in [0, 0.1) is 25.5 Å². The lowest BCUT2D eigenvalue weighted by Crippen LogP contribution is -2.48. The third-order valence-corrected chi connectivity index (χ3v) is 15.3. The molecule has 0 unspecified atom stereocenters. The average Bonchev–Trinajstić information content (AvgIpc) is 4.22. The fraction of sp³-hybridized carbons (Fsp3) is 0.320. The number of aromatic amines is 1. The highest BCUT2D eigenvalue weighted by atomic mass is 32.2. The van der Waals surface area contributed by atoms with Crippen molar-refractivity contribution in [2.24, 2.45) is 0 Å². The molecule has 21 heteroatoms. The second-order valence-corrected chi connectivity index (χ2v) is 20.3. The van der Waals surface area contributed by atoms with Gasteiger partial charge in [-0.1, -0.05) is 41.6 Å². The molecule has 2 fully saturated rings. The number of nitrogens with zero attached hydrogens (tertiary/aromatic N) is 5. The maximum atomic E-state index is 15.8. The molecule has 0 bridgehead atoms. The van der Waals surface area contributed by atoms with E-state index in [1.54, 1.807) is 66.4 Å². The molecule has 370 valence electrons. The van der Waals surface area contributed by atoms with E-state index in [0.717, 1.165) is 38.1 Å². The third-order valence-electron chi connectivity index (χ3n) is 12.8. The summed E-state index contributed by atoms with van der Waals surface area (Å²) in [6.07, 6.45) is 1.29. The van der Waals surface area contributed by atoms with Gasteiger partial charge in [-0.2, -0.15) is 12.7 Å². The highest BCUT2D eigenvalue weighted by Crippen LogP contribution is 2.34. The Hall–Kier alpha value is -6.94. The van der Waals surface area contributed by atoms with Crippen molar-refractivity contribution in [2.75, 3.05) is 31.0 Å². The molecule has 6 heterocycles. The van der Waals surface area contributed by atoms with Crippen LogP contribution in [0.15, 0.2) is 95.2 Å². The number of amides is 2. The number of β-amino-alcohol motifs (C(OH)–C–C–N with tert-alkyl or cyclic N) is 1. The zero-order valence-electron chi connectivity index (χ0n) is 38.7. The number of carbonyl (C=O) groups is 3. The zero-order chi connectivity index (χ0) is 50.1. The number of rotatable bonds is 17. The number of hydrogen-bond acceptors (Lipinski definition) is 12. The van der Waals surface area contributed by atoms with Crippen LogP contribution >= 0.6 is 11.3 Å². The lowest BCUT2D eigenvalue weighted by atomic mass is 9.97. The van der Waals surface area contributed by atoms with Crippen molar-refractivity contribution in [3.8, 4) is 27.3 Å². The number of aliphatic hydroxyl groups excluding tert-OH is 1. The minimum absolute atomic E-state index is 0.0199. The molecular formula is C50H49F3N8O8S2. The molecule has 2 aliphatic rings. The van der Waals surface area contributed by atoms with Gasteiger partial charge in [0, 0.05) is 61.0 Å². The first kappa shape index (κ1) is 49.1. The number of benzene rings is 3. The number of thiazole rings is 1. The number of fused-ring (bicyclic) bond motifs is 1. The number of ether oxygens (including phenoxy) is 1. The normalized spacial score (nSPS) is 18.2. The van der Waals surface area contributed by atoms with E-state index in [0.29, 0.717) is 34.8 Å². The number of aromatic nitrogens is 4. The molecule has 0 saturated carbocycles. The van der Waals surface area contributed by atoms with Crippen LogP contribution in [-0.4, -0.2) is 105 Å². The van der Waals surface area contributed by atoms with Crippen molar-refractivity contribution in [3.05, 3.63) is 136 Å². The van der Waals surface area contributed by atoms with Crippen molar-refractivity contribution >= 4 is 55.9 Å². The number of anilines is 1. The molecule has 2 aliphatic heterocycles. The highest BCUT2D eigenvalue weighted by molar-refractivity contribution is 7.90. The second kappa shape index (κ2) is 20.4. The van der Waals surface area contributed by atoms with Crippen molar-refractivity contribution in [2.45, 2.75) is 76.7 Å². The van der Waals surface area contributed by atoms with Gasteiger partial charge in [0.1, 0.15) is 35.2 Å². The fourth-order valence-electron chi connectivity index (χ4n) is 8.99. The first-order chi connectivity index (χ1) is 34.0. The fourth-order valence-corrected chi connectivity index (χ4v) is 11.1. The molecule has 9 rings (SSSR count). The number of aryl methyl sites for hydroxylation is 2. The van der Waals surface area contributed by atoms with E-state index in [1.807, 2.05) is 42.8 Å². The molecule has 7 aromatic rings. The summed E-state index contributed by atoms with van der Waals surface area (Å²) < 4.78 is 84.8. The van der Waals surface area contributed by atoms with E-state index in [-0.39, 0.29) is 73.4 Å². The van der Waals surface area contributed by atoms with Crippen LogP contribution < -0.4 is 14.8 Å². The molecule has 2 saturated heterocycles. The van der Waals surface area contributed by atoms with E-state index in [9.17, 15) is 32.3 Å². The number of H-pyrrole nitrogens is 1. The molecule has 5 atom stereocenters. The van der Waals surface area contributed by atoms with Gasteiger partial charge in [0.25, 0.3) is 0 Å². The van der Waals surface area contributed by atoms with Gasteiger partial charge in [-0.15, -0.1) is 11.3 Å². The number of hydrogen-bond donors (Lipinski definition) is 4. The lowest BCUT2D eigenvalue weighted by molar-refractivity contribution is -0.140. The zero-order valence-corrected chi connectivity index (χ0v) is 40.3. The topological polar surface area (TPSA) is 213 Å². The van der Waals surface area contributed by atoms with Crippen LogP contribution in [-0.2, 0) is 19.8 Å². The Kier molecular flexibility index (Phi) is 14.1. The monoisotopic (exact) mass is 1010 g/mol. The molecule has 0 aliphatic carbocycles. The number of nitrogens with one attached hydrogen (secondary N) is 3. The van der Waals surface area contributed by atoms with Gasteiger partial charge in [-0.3, -0.25) is 19.1 Å². The maximum Gasteiger partial charge on any atom is 0.301 e. The first-order valence-corrected chi connectivity index (χ1v) is 25.2. The Bertz CT molecular complexity index is 3220. The van der Waals surface area contributed by atoms with Crippen molar-refractivity contribution < 1.29 is 50.3 Å². The van der Waals surface area contributed by atoms with Gasteiger partial charge in [-0.25, -0.2) is 23.1 Å². The molecule has 3 aromatic carbocycles. The summed E-state index contributed by atoms with van der Waals surface area (Å²) in [6, 6.07) is 18.5. The number of pyridine rings is 1. The Labute approximate surface area is 410 Å². The van der Waals surface area contributed by atoms with E-state index in [1.165, 1.54) is 11.1 Å². The quantitative estimate of drug-likeness (QED) is 0.0508. The largest absolute Gasteiger partial charge is 0.494 e. The number of aliphatic hydroxyl groups is 1. The van der Waals surface area contributed by atoms with Crippen LogP contribution in [0.1, 0.15) is 83.2 Å². The Morgan fingerprint density at radius 3 is 2.45 bits per heavy atom. The van der Waals surface area contributed by atoms with Crippen LogP contribution in [0.2, 0.25) is 0 Å². The molecular weight excluding hydrogens is 962 g/mol. The molecule has 16 nitrogen and oxygen atoms in total. The maximum absolute atomic E-state index is 15.8. The Morgan fingerprint density at radius 1 is 1.00 bits per heavy atom. The van der Waals surface area contributed by atoms with Gasteiger partial charge in [0.2, 0.25) is 17.6 Å². The molecule has 2 amide bonds. The SMILES string of the molecule is Cc1cc([C@H](CCCOc2ccc(-c3cnc4[nH]cc(C(=O)c5c(F)ccc(NS(=O)(=O)N6CC[C@@H](F)C6)c5F)c4c3)cc2)C(=O)N2C[C@H](O)C[C@H]2C(=O)N[C@@H](C)c2ccc(-c3scnc3C)cc2)on1. The van der Waals surface area contributed by atoms with Gasteiger partial charge < -0.3 is 29.6 Å². The van der Waals surface area contributed by atoms with Gasteiger partial charge in [-0.05, 0) is 87.1 Å². The van der Waals surface area contributed by atoms with Crippen LogP contribution in [0.4, 0.5) is 18.9 Å². The van der Waals surface area contributed by atoms with Crippen molar-refractivity contribution in [1.29, 1.82) is 0 Å². The predicted octanol–water partition coefficient (Wildman–Crippen LogP) is 7.95. The van der Waals surface area contributed by atoms with E-state index < -0.39 is 69.7 Å². The van der Waals surface area contributed by atoms with E-state index in [2.05, 4.69) is 25.4 Å². The van der Waals surface area contributed by atoms with Gasteiger partial charge in [0.15, 0.2) is 5.82 Å². The Morgan fingerprint density at radius 2 is 1.76 bits per heavy atom. The first-order valence-electron chi connectivity index (χ1n) is 22.9.